The van der Waals surface area contributed by atoms with Crippen molar-refractivity contribution in [2.24, 2.45) is 0 Å². The van der Waals surface area contributed by atoms with E-state index in [1.54, 1.807) is 23.7 Å². The Morgan fingerprint density at radius 3 is 3.00 bits per heavy atom. The third kappa shape index (κ3) is 4.33. The summed E-state index contributed by atoms with van der Waals surface area (Å²) in [6.07, 6.45) is 2.20. The van der Waals surface area contributed by atoms with Crippen molar-refractivity contribution in [3.8, 4) is 11.5 Å². The molecule has 2 aromatic rings. The number of nitrogens with zero attached hydrogens (tertiary/aromatic N) is 1. The Morgan fingerprint density at radius 1 is 1.52 bits per heavy atom. The van der Waals surface area contributed by atoms with Crippen LogP contribution < -0.4 is 15.4 Å². The van der Waals surface area contributed by atoms with Gasteiger partial charge in [-0.1, -0.05) is 15.9 Å². The molecule has 112 valence electrons. The molecule has 0 radical (unpaired) electrons. The van der Waals surface area contributed by atoms with Gasteiger partial charge in [-0.15, -0.1) is 11.3 Å². The van der Waals surface area contributed by atoms with Gasteiger partial charge in [0.25, 0.3) is 0 Å². The summed E-state index contributed by atoms with van der Waals surface area (Å²) in [6, 6.07) is 3.00. The van der Waals surface area contributed by atoms with E-state index >= 15 is 0 Å². The number of benzene rings is 1. The predicted octanol–water partition coefficient (Wildman–Crippen LogP) is 2.98. The number of thiazole rings is 1. The first-order valence-electron chi connectivity index (χ1n) is 6.10. The molecule has 3 N–H and O–H groups in total. The third-order valence-electron chi connectivity index (χ3n) is 2.68. The normalized spacial score (nSPS) is 10.2. The van der Waals surface area contributed by atoms with Crippen LogP contribution in [0.2, 0.25) is 0 Å². The first kappa shape index (κ1) is 15.6. The van der Waals surface area contributed by atoms with Crippen molar-refractivity contribution in [2.45, 2.75) is 6.42 Å². The Kier molecular flexibility index (Phi) is 5.40. The molecule has 2 amide bonds. The van der Waals surface area contributed by atoms with Crippen molar-refractivity contribution >= 4 is 38.4 Å². The number of urea groups is 1. The highest BCUT2D eigenvalue weighted by molar-refractivity contribution is 9.10. The van der Waals surface area contributed by atoms with E-state index in [1.165, 1.54) is 18.4 Å². The largest absolute Gasteiger partial charge is 0.504 e. The molecule has 21 heavy (non-hydrogen) atoms. The Balaban J connectivity index is 1.86. The Hall–Kier alpha value is -1.80. The highest BCUT2D eigenvalue weighted by Crippen LogP contribution is 2.32. The van der Waals surface area contributed by atoms with Crippen LogP contribution in [0.1, 0.15) is 5.56 Å². The number of hydrogen-bond acceptors (Lipinski definition) is 5. The van der Waals surface area contributed by atoms with Gasteiger partial charge in [-0.3, -0.25) is 5.32 Å². The number of anilines is 1. The van der Waals surface area contributed by atoms with Crippen molar-refractivity contribution in [3.63, 3.8) is 0 Å². The van der Waals surface area contributed by atoms with Gasteiger partial charge in [0.15, 0.2) is 16.6 Å². The number of carbonyl (C=O) groups excluding carboxylic acids is 1. The number of methoxy groups -OCH3 is 1. The van der Waals surface area contributed by atoms with Gasteiger partial charge in [0.05, 0.1) is 7.11 Å². The highest BCUT2D eigenvalue weighted by atomic mass is 79.9. The lowest BCUT2D eigenvalue weighted by Gasteiger charge is -2.10. The van der Waals surface area contributed by atoms with E-state index in [9.17, 15) is 9.90 Å². The lowest BCUT2D eigenvalue weighted by Crippen LogP contribution is -2.30. The average Bonchev–Trinajstić information content (AvgIpc) is 2.95. The molecule has 1 aromatic heterocycles. The van der Waals surface area contributed by atoms with Crippen LogP contribution in [0.15, 0.2) is 28.2 Å². The number of nitrogens with one attached hydrogen (secondary N) is 2. The second-order valence-corrected chi connectivity index (χ2v) is 5.83. The Morgan fingerprint density at radius 2 is 2.33 bits per heavy atom. The van der Waals surface area contributed by atoms with E-state index in [4.69, 9.17) is 4.74 Å². The van der Waals surface area contributed by atoms with Crippen LogP contribution in [-0.2, 0) is 6.42 Å². The van der Waals surface area contributed by atoms with E-state index in [0.717, 1.165) is 10.0 Å². The fourth-order valence-corrected chi connectivity index (χ4v) is 2.72. The van der Waals surface area contributed by atoms with Gasteiger partial charge < -0.3 is 15.2 Å². The maximum Gasteiger partial charge on any atom is 0.321 e. The van der Waals surface area contributed by atoms with Crippen LogP contribution in [0.5, 0.6) is 11.5 Å². The number of aromatic nitrogens is 1. The third-order valence-corrected chi connectivity index (χ3v) is 4.11. The van der Waals surface area contributed by atoms with Crippen molar-refractivity contribution < 1.29 is 14.6 Å². The molecule has 0 unspecified atom stereocenters. The fraction of sp³-hybridized carbons (Fsp3) is 0.231. The fourth-order valence-electron chi connectivity index (χ4n) is 1.68. The topological polar surface area (TPSA) is 83.5 Å². The number of carbonyl (C=O) groups is 1. The molecular weight excluding hydrogens is 358 g/mol. The average molecular weight is 372 g/mol. The molecular formula is C13H14BrN3O3S. The summed E-state index contributed by atoms with van der Waals surface area (Å²) in [5.74, 6) is 0.475. The first-order chi connectivity index (χ1) is 10.1. The molecule has 0 atom stereocenters. The number of phenols is 1. The Bertz CT molecular complexity index is 619. The van der Waals surface area contributed by atoms with Gasteiger partial charge in [-0.25, -0.2) is 9.78 Å². The minimum atomic E-state index is -0.307. The summed E-state index contributed by atoms with van der Waals surface area (Å²) in [4.78, 5) is 15.6. The summed E-state index contributed by atoms with van der Waals surface area (Å²) in [5, 5.41) is 17.4. The molecule has 0 aliphatic carbocycles. The van der Waals surface area contributed by atoms with Crippen molar-refractivity contribution in [3.05, 3.63) is 33.7 Å². The van der Waals surface area contributed by atoms with Crippen LogP contribution in [-0.4, -0.2) is 29.8 Å². The van der Waals surface area contributed by atoms with Crippen LogP contribution >= 0.6 is 27.3 Å². The van der Waals surface area contributed by atoms with Crippen molar-refractivity contribution in [1.29, 1.82) is 0 Å². The van der Waals surface area contributed by atoms with Gasteiger partial charge in [0.2, 0.25) is 0 Å². The lowest BCUT2D eigenvalue weighted by molar-refractivity contribution is 0.252. The molecule has 0 bridgehead atoms. The summed E-state index contributed by atoms with van der Waals surface area (Å²) < 4.78 is 5.84. The monoisotopic (exact) mass is 371 g/mol. The zero-order valence-electron chi connectivity index (χ0n) is 11.2. The minimum absolute atomic E-state index is 0.0722. The summed E-state index contributed by atoms with van der Waals surface area (Å²) in [6.45, 7) is 0.432. The summed E-state index contributed by atoms with van der Waals surface area (Å²) in [7, 11) is 1.49. The van der Waals surface area contributed by atoms with E-state index in [1.807, 2.05) is 0 Å². The van der Waals surface area contributed by atoms with Crippen LogP contribution in [0.4, 0.5) is 9.93 Å². The molecule has 0 aliphatic rings. The zero-order chi connectivity index (χ0) is 15.2. The van der Waals surface area contributed by atoms with Gasteiger partial charge in [-0.05, 0) is 24.1 Å². The molecule has 0 saturated heterocycles. The van der Waals surface area contributed by atoms with Gasteiger partial charge in [0, 0.05) is 22.6 Å². The molecule has 1 aromatic carbocycles. The lowest BCUT2D eigenvalue weighted by atomic mass is 10.1. The van der Waals surface area contributed by atoms with Crippen LogP contribution in [0, 0.1) is 0 Å². The van der Waals surface area contributed by atoms with E-state index in [0.29, 0.717) is 23.8 Å². The van der Waals surface area contributed by atoms with E-state index < -0.39 is 0 Å². The number of ether oxygens (including phenoxy) is 1. The molecule has 2 rings (SSSR count). The number of phenolic OH excluding ortho intramolecular Hbond substituents is 1. The molecule has 0 saturated carbocycles. The second-order valence-electron chi connectivity index (χ2n) is 4.08. The molecule has 0 fully saturated rings. The van der Waals surface area contributed by atoms with Gasteiger partial charge in [-0.2, -0.15) is 0 Å². The number of aromatic hydroxyl groups is 1. The van der Waals surface area contributed by atoms with Gasteiger partial charge >= 0.3 is 6.03 Å². The molecule has 0 aliphatic heterocycles. The first-order valence-corrected chi connectivity index (χ1v) is 7.77. The Labute approximate surface area is 134 Å². The maximum atomic E-state index is 11.6. The van der Waals surface area contributed by atoms with Crippen molar-refractivity contribution in [2.75, 3.05) is 19.0 Å². The number of halogens is 1. The van der Waals surface area contributed by atoms with Crippen LogP contribution in [0.3, 0.4) is 0 Å². The van der Waals surface area contributed by atoms with E-state index in [2.05, 4.69) is 31.5 Å². The molecule has 8 heteroatoms. The number of rotatable bonds is 5. The summed E-state index contributed by atoms with van der Waals surface area (Å²) >= 11 is 4.76. The predicted molar refractivity (Wildman–Crippen MR) is 85.2 cm³/mol. The van der Waals surface area contributed by atoms with Crippen molar-refractivity contribution in [1.82, 2.24) is 10.3 Å². The second kappa shape index (κ2) is 7.28. The molecule has 6 nitrogen and oxygen atoms in total. The van der Waals surface area contributed by atoms with Gasteiger partial charge in [0.1, 0.15) is 0 Å². The maximum absolute atomic E-state index is 11.6. The molecule has 1 heterocycles. The molecule has 0 spiro atoms. The number of hydrogen-bond donors (Lipinski definition) is 3. The standard InChI is InChI=1S/C13H14BrN3O3S/c1-20-11-7-9(14)8(6-10(11)18)2-3-15-12(19)17-13-16-4-5-21-13/h4-7,18H,2-3H2,1H3,(H2,15,16,17,19). The minimum Gasteiger partial charge on any atom is -0.504 e. The SMILES string of the molecule is COc1cc(Br)c(CCNC(=O)Nc2nccs2)cc1O. The smallest absolute Gasteiger partial charge is 0.321 e. The zero-order valence-corrected chi connectivity index (χ0v) is 13.6. The summed E-state index contributed by atoms with van der Waals surface area (Å²) in [5.41, 5.74) is 0.878. The quantitative estimate of drug-likeness (QED) is 0.754. The number of amides is 2. The van der Waals surface area contributed by atoms with Crippen LogP contribution in [0.25, 0.3) is 0 Å². The van der Waals surface area contributed by atoms with E-state index in [-0.39, 0.29) is 11.8 Å². The highest BCUT2D eigenvalue weighted by Gasteiger charge is 2.09.